The van der Waals surface area contributed by atoms with Crippen molar-refractivity contribution in [3.63, 3.8) is 0 Å². The van der Waals surface area contributed by atoms with Gasteiger partial charge < -0.3 is 5.11 Å². The maximum absolute atomic E-state index is 10.5. The number of aliphatic carboxylic acids is 1. The summed E-state index contributed by atoms with van der Waals surface area (Å²) in [7, 11) is 0. The second kappa shape index (κ2) is 4.75. The lowest BCUT2D eigenvalue weighted by molar-refractivity contribution is -0.139. The lowest BCUT2D eigenvalue weighted by Gasteiger charge is -2.04. The minimum Gasteiger partial charge on any atom is -0.481 e. The summed E-state index contributed by atoms with van der Waals surface area (Å²) in [5.41, 5.74) is 2.05. The van der Waals surface area contributed by atoms with Crippen LogP contribution < -0.4 is 0 Å². The van der Waals surface area contributed by atoms with Crippen molar-refractivity contribution in [1.82, 2.24) is 0 Å². The summed E-state index contributed by atoms with van der Waals surface area (Å²) in [5.74, 6) is -1.16. The van der Waals surface area contributed by atoms with Crippen molar-refractivity contribution in [1.29, 1.82) is 0 Å². The van der Waals surface area contributed by atoms with Crippen LogP contribution in [0, 0.1) is 5.92 Å². The van der Waals surface area contributed by atoms with Crippen LogP contribution in [0.2, 0.25) is 0 Å². The Morgan fingerprint density at radius 2 is 1.75 bits per heavy atom. The van der Waals surface area contributed by atoms with Gasteiger partial charge in [0.1, 0.15) is 0 Å². The first-order chi connectivity index (χ1) is 5.45. The molecule has 0 amide bonds. The Labute approximate surface area is 73.6 Å². The summed E-state index contributed by atoms with van der Waals surface area (Å²) >= 11 is 0. The Kier molecular flexibility index (Phi) is 4.34. The van der Waals surface area contributed by atoms with Crippen LogP contribution in [0.25, 0.3) is 0 Å². The maximum atomic E-state index is 10.5. The SMILES string of the molecule is CC(C)=C/C=C(\C)C(C)C(=O)O. The molecule has 2 nitrogen and oxygen atoms in total. The third kappa shape index (κ3) is 3.96. The van der Waals surface area contributed by atoms with E-state index in [0.717, 1.165) is 5.57 Å². The number of carbonyl (C=O) groups is 1. The molecule has 0 saturated heterocycles. The molecule has 0 aromatic carbocycles. The molecular weight excluding hydrogens is 152 g/mol. The zero-order chi connectivity index (χ0) is 9.72. The summed E-state index contributed by atoms with van der Waals surface area (Å²) < 4.78 is 0. The van der Waals surface area contributed by atoms with Crippen LogP contribution in [0.4, 0.5) is 0 Å². The van der Waals surface area contributed by atoms with Crippen LogP contribution in [0.1, 0.15) is 27.7 Å². The molecule has 2 heteroatoms. The fraction of sp³-hybridized carbons (Fsp3) is 0.500. The van der Waals surface area contributed by atoms with E-state index in [0.29, 0.717) is 0 Å². The Balaban J connectivity index is 4.38. The van der Waals surface area contributed by atoms with Gasteiger partial charge >= 0.3 is 5.97 Å². The van der Waals surface area contributed by atoms with Gasteiger partial charge in [-0.2, -0.15) is 0 Å². The predicted molar refractivity (Wildman–Crippen MR) is 50.0 cm³/mol. The summed E-state index contributed by atoms with van der Waals surface area (Å²) in [6.07, 6.45) is 3.78. The van der Waals surface area contributed by atoms with Crippen molar-refractivity contribution in [3.8, 4) is 0 Å². The first-order valence-corrected chi connectivity index (χ1v) is 3.99. The van der Waals surface area contributed by atoms with E-state index in [2.05, 4.69) is 0 Å². The van der Waals surface area contributed by atoms with Crippen molar-refractivity contribution in [3.05, 3.63) is 23.3 Å². The zero-order valence-corrected chi connectivity index (χ0v) is 8.09. The van der Waals surface area contributed by atoms with Gasteiger partial charge in [-0.05, 0) is 27.7 Å². The molecule has 1 N–H and O–H groups in total. The van der Waals surface area contributed by atoms with Gasteiger partial charge in [0.05, 0.1) is 5.92 Å². The van der Waals surface area contributed by atoms with Crippen molar-refractivity contribution < 1.29 is 9.90 Å². The Hall–Kier alpha value is -1.05. The molecule has 12 heavy (non-hydrogen) atoms. The van der Waals surface area contributed by atoms with E-state index < -0.39 is 5.97 Å². The molecule has 0 aliphatic heterocycles. The lowest BCUT2D eigenvalue weighted by atomic mass is 10.0. The minimum atomic E-state index is -0.772. The summed E-state index contributed by atoms with van der Waals surface area (Å²) in [4.78, 5) is 10.5. The van der Waals surface area contributed by atoms with Crippen molar-refractivity contribution in [2.75, 3.05) is 0 Å². The summed E-state index contributed by atoms with van der Waals surface area (Å²) in [5, 5.41) is 8.66. The largest absolute Gasteiger partial charge is 0.481 e. The van der Waals surface area contributed by atoms with E-state index in [1.54, 1.807) is 6.92 Å². The molecule has 0 aliphatic carbocycles. The third-order valence-corrected chi connectivity index (χ3v) is 1.73. The molecule has 0 aromatic rings. The summed E-state index contributed by atoms with van der Waals surface area (Å²) in [6.45, 7) is 7.48. The van der Waals surface area contributed by atoms with Crippen molar-refractivity contribution >= 4 is 5.97 Å². The highest BCUT2D eigenvalue weighted by molar-refractivity contribution is 5.73. The molecule has 0 fully saturated rings. The highest BCUT2D eigenvalue weighted by Crippen LogP contribution is 2.09. The highest BCUT2D eigenvalue weighted by Gasteiger charge is 2.11. The number of carboxylic acids is 1. The van der Waals surface area contributed by atoms with Gasteiger partial charge in [0.25, 0.3) is 0 Å². The first kappa shape index (κ1) is 11.0. The van der Waals surface area contributed by atoms with E-state index >= 15 is 0 Å². The molecular formula is C10H16O2. The molecule has 0 heterocycles. The standard InChI is InChI=1S/C10H16O2/c1-7(2)5-6-8(3)9(4)10(11)12/h5-6,9H,1-4H3,(H,11,12)/b8-6+. The van der Waals surface area contributed by atoms with Crippen molar-refractivity contribution in [2.24, 2.45) is 5.92 Å². The molecule has 0 rings (SSSR count). The average Bonchev–Trinajstić information content (AvgIpc) is 1.98. The molecule has 0 aromatic heterocycles. The number of allylic oxidation sites excluding steroid dienone is 3. The number of hydrogen-bond acceptors (Lipinski definition) is 1. The third-order valence-electron chi connectivity index (χ3n) is 1.73. The normalized spacial score (nSPS) is 13.8. The Bertz CT molecular complexity index is 220. The molecule has 0 radical (unpaired) electrons. The fourth-order valence-electron chi connectivity index (χ4n) is 0.637. The van der Waals surface area contributed by atoms with Crippen LogP contribution in [0.15, 0.2) is 23.3 Å². The molecule has 1 unspecified atom stereocenters. The number of rotatable bonds is 3. The van der Waals surface area contributed by atoms with E-state index in [9.17, 15) is 4.79 Å². The molecule has 68 valence electrons. The molecule has 0 spiro atoms. The second-order valence-corrected chi connectivity index (χ2v) is 3.21. The first-order valence-electron chi connectivity index (χ1n) is 3.99. The maximum Gasteiger partial charge on any atom is 0.310 e. The van der Waals surface area contributed by atoms with Gasteiger partial charge in [-0.25, -0.2) is 0 Å². The average molecular weight is 168 g/mol. The molecule has 0 bridgehead atoms. The van der Waals surface area contributed by atoms with Gasteiger partial charge in [0.15, 0.2) is 0 Å². The van der Waals surface area contributed by atoms with E-state index in [1.165, 1.54) is 5.57 Å². The molecule has 0 saturated carbocycles. The monoisotopic (exact) mass is 168 g/mol. The second-order valence-electron chi connectivity index (χ2n) is 3.21. The lowest BCUT2D eigenvalue weighted by Crippen LogP contribution is -2.10. The Morgan fingerprint density at radius 3 is 2.08 bits per heavy atom. The van der Waals surface area contributed by atoms with Crippen LogP contribution in [-0.2, 0) is 4.79 Å². The quantitative estimate of drug-likeness (QED) is 0.658. The van der Waals surface area contributed by atoms with Gasteiger partial charge in [-0.3, -0.25) is 4.79 Å². The topological polar surface area (TPSA) is 37.3 Å². The van der Waals surface area contributed by atoms with Gasteiger partial charge in [0.2, 0.25) is 0 Å². The smallest absolute Gasteiger partial charge is 0.310 e. The molecule has 1 atom stereocenters. The van der Waals surface area contributed by atoms with Crippen LogP contribution in [0.3, 0.4) is 0 Å². The van der Waals surface area contributed by atoms with Gasteiger partial charge in [0, 0.05) is 0 Å². The highest BCUT2D eigenvalue weighted by atomic mass is 16.4. The van der Waals surface area contributed by atoms with Gasteiger partial charge in [-0.1, -0.05) is 23.3 Å². The van der Waals surface area contributed by atoms with Gasteiger partial charge in [-0.15, -0.1) is 0 Å². The van der Waals surface area contributed by atoms with Crippen LogP contribution >= 0.6 is 0 Å². The predicted octanol–water partition coefficient (Wildman–Crippen LogP) is 2.62. The fourth-order valence-corrected chi connectivity index (χ4v) is 0.637. The Morgan fingerprint density at radius 1 is 1.25 bits per heavy atom. The summed E-state index contributed by atoms with van der Waals surface area (Å²) in [6, 6.07) is 0. The van der Waals surface area contributed by atoms with E-state index in [-0.39, 0.29) is 5.92 Å². The van der Waals surface area contributed by atoms with E-state index in [4.69, 9.17) is 5.11 Å². The van der Waals surface area contributed by atoms with Crippen LogP contribution in [-0.4, -0.2) is 11.1 Å². The molecule has 0 aliphatic rings. The minimum absolute atomic E-state index is 0.388. The zero-order valence-electron chi connectivity index (χ0n) is 8.09. The van der Waals surface area contributed by atoms with E-state index in [1.807, 2.05) is 32.9 Å². The van der Waals surface area contributed by atoms with Crippen molar-refractivity contribution in [2.45, 2.75) is 27.7 Å². The number of hydrogen-bond donors (Lipinski definition) is 1. The number of carboxylic acid groups (broad SMARTS) is 1. The van der Waals surface area contributed by atoms with Crippen LogP contribution in [0.5, 0.6) is 0 Å².